The van der Waals surface area contributed by atoms with Gasteiger partial charge in [0.15, 0.2) is 0 Å². The zero-order valence-corrected chi connectivity index (χ0v) is 14.0. The lowest BCUT2D eigenvalue weighted by Crippen LogP contribution is -1.98. The first-order valence-electron chi connectivity index (χ1n) is 8.42. The zero-order valence-electron chi connectivity index (χ0n) is 14.0. The van der Waals surface area contributed by atoms with E-state index in [9.17, 15) is 5.21 Å². The number of nitrogens with one attached hydrogen (secondary N) is 1. The van der Waals surface area contributed by atoms with Crippen molar-refractivity contribution in [2.45, 2.75) is 26.2 Å². The molecule has 2 N–H and O–H groups in total. The number of anilines is 1. The Kier molecular flexibility index (Phi) is 4.11. The third-order valence-corrected chi connectivity index (χ3v) is 4.46. The molecule has 128 valence electrons. The van der Waals surface area contributed by atoms with Crippen LogP contribution in [0, 0.1) is 0 Å². The molecule has 0 radical (unpaired) electrons. The summed E-state index contributed by atoms with van der Waals surface area (Å²) in [4.78, 5) is 4.55. The van der Waals surface area contributed by atoms with Crippen LogP contribution >= 0.6 is 0 Å². The number of ether oxygens (including phenoxy) is 1. The Morgan fingerprint density at radius 3 is 3.00 bits per heavy atom. The number of aryl methyl sites for hydroxylation is 1. The largest absolute Gasteiger partial charge is 0.492 e. The molecule has 1 aromatic heterocycles. The molecule has 0 spiro atoms. The van der Waals surface area contributed by atoms with Gasteiger partial charge in [0.25, 0.3) is 5.89 Å². The van der Waals surface area contributed by atoms with Crippen molar-refractivity contribution in [1.29, 1.82) is 0 Å². The molecular weight excluding hydrogens is 318 g/mol. The minimum absolute atomic E-state index is 0.408. The van der Waals surface area contributed by atoms with E-state index in [1.54, 1.807) is 12.1 Å². The first-order chi connectivity index (χ1) is 12.3. The smallest absolute Gasteiger partial charge is 0.258 e. The average molecular weight is 337 g/mol. The van der Waals surface area contributed by atoms with Crippen molar-refractivity contribution < 1.29 is 14.5 Å². The third-order valence-electron chi connectivity index (χ3n) is 4.46. The van der Waals surface area contributed by atoms with E-state index >= 15 is 0 Å². The Labute approximate surface area is 145 Å². The number of nitrogens with zero attached hydrogens (tertiary/aromatic N) is 2. The molecule has 0 atom stereocenters. The molecule has 0 saturated carbocycles. The maximum absolute atomic E-state index is 9.31. The standard InChI is InChI=1S/C19H19N3O3/c1-2-24-17-10-9-13(11-16(17)21-23)19-20-18(22-25-19)15-8-4-6-12-5-3-7-14(12)15/h4,6,8-11,21,23H,2-3,5,7H2,1H3. The van der Waals surface area contributed by atoms with Crippen molar-refractivity contribution in [3.05, 3.63) is 47.5 Å². The summed E-state index contributed by atoms with van der Waals surface area (Å²) in [5.41, 5.74) is 7.05. The molecule has 0 saturated heterocycles. The maximum atomic E-state index is 9.31. The van der Waals surface area contributed by atoms with E-state index < -0.39 is 0 Å². The minimum atomic E-state index is 0.408. The number of aromatic nitrogens is 2. The molecule has 1 aliphatic rings. The van der Waals surface area contributed by atoms with Crippen molar-refractivity contribution in [2.75, 3.05) is 12.1 Å². The molecule has 2 aromatic carbocycles. The second-order valence-corrected chi connectivity index (χ2v) is 5.98. The van der Waals surface area contributed by atoms with Gasteiger partial charge in [0.05, 0.1) is 6.61 Å². The van der Waals surface area contributed by atoms with E-state index in [4.69, 9.17) is 9.26 Å². The van der Waals surface area contributed by atoms with Crippen LogP contribution in [0.5, 0.6) is 5.75 Å². The first kappa shape index (κ1) is 15.7. The van der Waals surface area contributed by atoms with Crippen molar-refractivity contribution in [3.63, 3.8) is 0 Å². The van der Waals surface area contributed by atoms with Crippen molar-refractivity contribution >= 4 is 5.69 Å². The fourth-order valence-corrected chi connectivity index (χ4v) is 3.31. The molecule has 0 amide bonds. The highest BCUT2D eigenvalue weighted by Gasteiger charge is 2.19. The molecule has 0 bridgehead atoms. The monoisotopic (exact) mass is 337 g/mol. The fourth-order valence-electron chi connectivity index (χ4n) is 3.31. The summed E-state index contributed by atoms with van der Waals surface area (Å²) in [5, 5.41) is 13.5. The summed E-state index contributed by atoms with van der Waals surface area (Å²) in [7, 11) is 0. The summed E-state index contributed by atoms with van der Waals surface area (Å²) in [6, 6.07) is 11.6. The second-order valence-electron chi connectivity index (χ2n) is 5.98. The van der Waals surface area contributed by atoms with Crippen molar-refractivity contribution in [3.8, 4) is 28.6 Å². The van der Waals surface area contributed by atoms with Gasteiger partial charge in [-0.1, -0.05) is 23.4 Å². The van der Waals surface area contributed by atoms with Gasteiger partial charge >= 0.3 is 0 Å². The molecule has 1 aliphatic carbocycles. The molecule has 4 rings (SSSR count). The topological polar surface area (TPSA) is 80.4 Å². The Morgan fingerprint density at radius 1 is 1.24 bits per heavy atom. The van der Waals surface area contributed by atoms with E-state index in [2.05, 4.69) is 21.7 Å². The second kappa shape index (κ2) is 6.57. The normalized spacial score (nSPS) is 12.9. The van der Waals surface area contributed by atoms with Gasteiger partial charge in [-0.3, -0.25) is 10.7 Å². The van der Waals surface area contributed by atoms with Gasteiger partial charge in [-0.05, 0) is 55.5 Å². The molecular formula is C19H19N3O3. The molecule has 6 nitrogen and oxygen atoms in total. The fraction of sp³-hybridized carbons (Fsp3) is 0.263. The van der Waals surface area contributed by atoms with Crippen LogP contribution in [0.3, 0.4) is 0 Å². The van der Waals surface area contributed by atoms with Crippen LogP contribution in [-0.2, 0) is 12.8 Å². The minimum Gasteiger partial charge on any atom is -0.492 e. The van der Waals surface area contributed by atoms with Gasteiger partial charge in [0.2, 0.25) is 5.82 Å². The average Bonchev–Trinajstić information content (AvgIpc) is 3.31. The highest BCUT2D eigenvalue weighted by molar-refractivity contribution is 5.69. The summed E-state index contributed by atoms with van der Waals surface area (Å²) >= 11 is 0. The van der Waals surface area contributed by atoms with E-state index in [1.807, 2.05) is 25.1 Å². The number of benzene rings is 2. The quantitative estimate of drug-likeness (QED) is 0.683. The van der Waals surface area contributed by atoms with Gasteiger partial charge < -0.3 is 9.26 Å². The first-order valence-corrected chi connectivity index (χ1v) is 8.42. The van der Waals surface area contributed by atoms with Gasteiger partial charge in [0.1, 0.15) is 11.4 Å². The summed E-state index contributed by atoms with van der Waals surface area (Å²) in [5.74, 6) is 1.57. The number of fused-ring (bicyclic) bond motifs is 1. The van der Waals surface area contributed by atoms with Crippen LogP contribution in [-0.4, -0.2) is 22.0 Å². The van der Waals surface area contributed by atoms with E-state index in [-0.39, 0.29) is 0 Å². The van der Waals surface area contributed by atoms with E-state index in [1.165, 1.54) is 17.5 Å². The third kappa shape index (κ3) is 2.85. The molecule has 3 aromatic rings. The Morgan fingerprint density at radius 2 is 2.16 bits per heavy atom. The molecule has 0 aliphatic heterocycles. The maximum Gasteiger partial charge on any atom is 0.258 e. The van der Waals surface area contributed by atoms with Crippen LogP contribution in [0.1, 0.15) is 24.5 Å². The Balaban J connectivity index is 1.69. The van der Waals surface area contributed by atoms with Crippen molar-refractivity contribution in [2.24, 2.45) is 0 Å². The predicted octanol–water partition coefficient (Wildman–Crippen LogP) is 4.09. The molecule has 1 heterocycles. The predicted molar refractivity (Wildman–Crippen MR) is 93.8 cm³/mol. The number of rotatable bonds is 5. The lowest BCUT2D eigenvalue weighted by Gasteiger charge is -2.09. The number of hydrogen-bond acceptors (Lipinski definition) is 6. The zero-order chi connectivity index (χ0) is 17.2. The van der Waals surface area contributed by atoms with Crippen LogP contribution < -0.4 is 10.2 Å². The van der Waals surface area contributed by atoms with Crippen LogP contribution in [0.25, 0.3) is 22.8 Å². The Bertz CT molecular complexity index is 905. The van der Waals surface area contributed by atoms with Gasteiger partial charge in [-0.25, -0.2) is 0 Å². The van der Waals surface area contributed by atoms with E-state index in [0.29, 0.717) is 35.3 Å². The van der Waals surface area contributed by atoms with Crippen LogP contribution in [0.2, 0.25) is 0 Å². The number of hydrogen-bond donors (Lipinski definition) is 2. The lowest BCUT2D eigenvalue weighted by atomic mass is 10.0. The highest BCUT2D eigenvalue weighted by atomic mass is 16.5. The summed E-state index contributed by atoms with van der Waals surface area (Å²) in [6.07, 6.45) is 3.33. The summed E-state index contributed by atoms with van der Waals surface area (Å²) in [6.45, 7) is 2.40. The molecule has 0 fully saturated rings. The van der Waals surface area contributed by atoms with Crippen molar-refractivity contribution in [1.82, 2.24) is 10.1 Å². The molecule has 25 heavy (non-hydrogen) atoms. The van der Waals surface area contributed by atoms with Gasteiger partial charge in [0, 0.05) is 11.1 Å². The van der Waals surface area contributed by atoms with Gasteiger partial charge in [-0.2, -0.15) is 4.98 Å². The highest BCUT2D eigenvalue weighted by Crippen LogP contribution is 2.33. The SMILES string of the molecule is CCOc1ccc(-c2nc(-c3cccc4c3CCC4)no2)cc1NO. The molecule has 6 heteroatoms. The van der Waals surface area contributed by atoms with E-state index in [0.717, 1.165) is 18.4 Å². The van der Waals surface area contributed by atoms with Crippen LogP contribution in [0.4, 0.5) is 5.69 Å². The lowest BCUT2D eigenvalue weighted by molar-refractivity contribution is 0.332. The Hall–Kier alpha value is -2.86. The van der Waals surface area contributed by atoms with Crippen LogP contribution in [0.15, 0.2) is 40.9 Å². The molecule has 0 unspecified atom stereocenters. The summed E-state index contributed by atoms with van der Waals surface area (Å²) < 4.78 is 10.9. The van der Waals surface area contributed by atoms with Gasteiger partial charge in [-0.15, -0.1) is 0 Å².